The van der Waals surface area contributed by atoms with Gasteiger partial charge in [-0.1, -0.05) is 29.4 Å². The van der Waals surface area contributed by atoms with E-state index in [1.54, 1.807) is 0 Å². The molecular formula is C16H21N3O. The number of hydrogen-bond acceptors (Lipinski definition) is 4. The predicted molar refractivity (Wildman–Crippen MR) is 78.3 cm³/mol. The summed E-state index contributed by atoms with van der Waals surface area (Å²) < 4.78 is 5.23. The van der Waals surface area contributed by atoms with Gasteiger partial charge in [0.1, 0.15) is 5.76 Å². The Hall–Kier alpha value is -1.65. The number of benzene rings is 1. The maximum Gasteiger partial charge on any atom is 0.138 e. The summed E-state index contributed by atoms with van der Waals surface area (Å²) in [7, 11) is 0. The van der Waals surface area contributed by atoms with Crippen molar-refractivity contribution in [3.63, 3.8) is 0 Å². The molecule has 1 aliphatic rings. The van der Waals surface area contributed by atoms with Crippen LogP contribution in [-0.2, 0) is 13.1 Å². The van der Waals surface area contributed by atoms with Crippen LogP contribution in [0.5, 0.6) is 0 Å². The van der Waals surface area contributed by atoms with Crippen molar-refractivity contribution in [2.24, 2.45) is 0 Å². The van der Waals surface area contributed by atoms with Gasteiger partial charge in [-0.05, 0) is 37.9 Å². The molecule has 1 unspecified atom stereocenters. The maximum absolute atomic E-state index is 5.23. The lowest BCUT2D eigenvalue weighted by molar-refractivity contribution is 0.391. The molecule has 0 amide bonds. The fraction of sp³-hybridized carbons (Fsp3) is 0.438. The van der Waals surface area contributed by atoms with Gasteiger partial charge in [0.15, 0.2) is 0 Å². The molecule has 3 rings (SSSR count). The Morgan fingerprint density at radius 1 is 1.35 bits per heavy atom. The second kappa shape index (κ2) is 5.77. The Morgan fingerprint density at radius 3 is 3.00 bits per heavy atom. The zero-order valence-corrected chi connectivity index (χ0v) is 12.1. The highest BCUT2D eigenvalue weighted by Crippen LogP contribution is 2.24. The van der Waals surface area contributed by atoms with E-state index < -0.39 is 0 Å². The molecular weight excluding hydrogens is 250 g/mol. The van der Waals surface area contributed by atoms with Crippen LogP contribution in [0.25, 0.3) is 0 Å². The van der Waals surface area contributed by atoms with Gasteiger partial charge < -0.3 is 15.2 Å². The molecule has 0 radical (unpaired) electrons. The number of aromatic nitrogens is 1. The molecule has 0 bridgehead atoms. The van der Waals surface area contributed by atoms with E-state index in [9.17, 15) is 0 Å². The monoisotopic (exact) mass is 271 g/mol. The van der Waals surface area contributed by atoms with Crippen molar-refractivity contribution in [2.45, 2.75) is 39.4 Å². The molecule has 0 fully saturated rings. The van der Waals surface area contributed by atoms with E-state index in [-0.39, 0.29) is 0 Å². The lowest BCUT2D eigenvalue weighted by Gasteiger charge is -2.19. The first kappa shape index (κ1) is 13.3. The molecule has 1 aliphatic heterocycles. The van der Waals surface area contributed by atoms with Gasteiger partial charge in [0.2, 0.25) is 0 Å². The summed E-state index contributed by atoms with van der Waals surface area (Å²) >= 11 is 0. The fourth-order valence-corrected chi connectivity index (χ4v) is 2.85. The number of aryl methyl sites for hydroxylation is 2. The lowest BCUT2D eigenvalue weighted by Crippen LogP contribution is -2.23. The minimum atomic E-state index is 0.384. The van der Waals surface area contributed by atoms with Crippen LogP contribution in [0.3, 0.4) is 0 Å². The molecule has 1 aromatic carbocycles. The van der Waals surface area contributed by atoms with Crippen molar-refractivity contribution in [1.82, 2.24) is 15.8 Å². The van der Waals surface area contributed by atoms with Gasteiger partial charge in [0.05, 0.1) is 5.69 Å². The topological polar surface area (TPSA) is 50.1 Å². The first-order valence-electron chi connectivity index (χ1n) is 7.19. The normalized spacial score (nSPS) is 18.6. The average molecular weight is 271 g/mol. The van der Waals surface area contributed by atoms with Crippen LogP contribution in [-0.4, -0.2) is 11.7 Å². The Morgan fingerprint density at radius 2 is 2.20 bits per heavy atom. The van der Waals surface area contributed by atoms with E-state index in [0.717, 1.165) is 37.5 Å². The van der Waals surface area contributed by atoms with Crippen LogP contribution in [0.4, 0.5) is 0 Å². The maximum atomic E-state index is 5.23. The van der Waals surface area contributed by atoms with Crippen LogP contribution in [0.15, 0.2) is 28.8 Å². The molecule has 2 aromatic rings. The van der Waals surface area contributed by atoms with Gasteiger partial charge in [0, 0.05) is 24.7 Å². The number of nitrogens with zero attached hydrogens (tertiary/aromatic N) is 1. The first-order chi connectivity index (χ1) is 9.75. The molecule has 2 N–H and O–H groups in total. The minimum Gasteiger partial charge on any atom is -0.361 e. The highest BCUT2D eigenvalue weighted by molar-refractivity contribution is 5.31. The summed E-state index contributed by atoms with van der Waals surface area (Å²) in [6.45, 7) is 6.77. The van der Waals surface area contributed by atoms with E-state index in [1.807, 2.05) is 13.8 Å². The summed E-state index contributed by atoms with van der Waals surface area (Å²) in [6.07, 6.45) is 1.10. The summed E-state index contributed by atoms with van der Waals surface area (Å²) in [5.41, 5.74) is 4.96. The molecule has 1 aromatic heterocycles. The quantitative estimate of drug-likeness (QED) is 0.901. The van der Waals surface area contributed by atoms with E-state index in [1.165, 1.54) is 16.7 Å². The van der Waals surface area contributed by atoms with E-state index >= 15 is 0 Å². The zero-order valence-electron chi connectivity index (χ0n) is 12.1. The predicted octanol–water partition coefficient (Wildman–Crippen LogP) is 2.62. The van der Waals surface area contributed by atoms with E-state index in [0.29, 0.717) is 6.04 Å². The van der Waals surface area contributed by atoms with Gasteiger partial charge in [-0.3, -0.25) is 0 Å². The van der Waals surface area contributed by atoms with Crippen molar-refractivity contribution in [3.8, 4) is 0 Å². The molecule has 20 heavy (non-hydrogen) atoms. The highest BCUT2D eigenvalue weighted by atomic mass is 16.5. The Bertz CT molecular complexity index is 572. The van der Waals surface area contributed by atoms with Crippen molar-refractivity contribution in [3.05, 3.63) is 52.4 Å². The third-order valence-corrected chi connectivity index (χ3v) is 4.06. The van der Waals surface area contributed by atoms with Crippen LogP contribution in [0, 0.1) is 13.8 Å². The van der Waals surface area contributed by atoms with Gasteiger partial charge in [-0.2, -0.15) is 0 Å². The molecule has 4 heteroatoms. The fourth-order valence-electron chi connectivity index (χ4n) is 2.85. The van der Waals surface area contributed by atoms with Crippen molar-refractivity contribution in [2.75, 3.05) is 6.54 Å². The van der Waals surface area contributed by atoms with Gasteiger partial charge in [0.25, 0.3) is 0 Å². The van der Waals surface area contributed by atoms with E-state index in [2.05, 4.69) is 40.1 Å². The van der Waals surface area contributed by atoms with Gasteiger partial charge in [-0.25, -0.2) is 0 Å². The standard InChI is InChI=1S/C16H21N3O/c1-11-15(12(2)20-19-11)10-18-16-7-8-17-9-13-5-3-4-6-14(13)16/h3-6,16-18H,7-10H2,1-2H3. The summed E-state index contributed by atoms with van der Waals surface area (Å²) in [5.74, 6) is 0.912. The Kier molecular flexibility index (Phi) is 3.85. The summed E-state index contributed by atoms with van der Waals surface area (Å²) in [4.78, 5) is 0. The van der Waals surface area contributed by atoms with Crippen LogP contribution in [0.2, 0.25) is 0 Å². The third-order valence-electron chi connectivity index (χ3n) is 4.06. The minimum absolute atomic E-state index is 0.384. The third kappa shape index (κ3) is 2.62. The molecule has 0 aliphatic carbocycles. The molecule has 2 heterocycles. The molecule has 106 valence electrons. The highest BCUT2D eigenvalue weighted by Gasteiger charge is 2.18. The number of rotatable bonds is 3. The SMILES string of the molecule is Cc1noc(C)c1CNC1CCNCc2ccccc21. The van der Waals surface area contributed by atoms with Crippen molar-refractivity contribution in [1.29, 1.82) is 0 Å². The summed E-state index contributed by atoms with van der Waals surface area (Å²) in [5, 5.41) is 11.2. The zero-order chi connectivity index (χ0) is 13.9. The Balaban J connectivity index is 1.77. The largest absolute Gasteiger partial charge is 0.361 e. The molecule has 4 nitrogen and oxygen atoms in total. The number of nitrogens with one attached hydrogen (secondary N) is 2. The van der Waals surface area contributed by atoms with Crippen LogP contribution in [0.1, 0.15) is 40.6 Å². The summed E-state index contributed by atoms with van der Waals surface area (Å²) in [6, 6.07) is 9.05. The van der Waals surface area contributed by atoms with Crippen molar-refractivity contribution < 1.29 is 4.52 Å². The smallest absolute Gasteiger partial charge is 0.138 e. The first-order valence-corrected chi connectivity index (χ1v) is 7.19. The lowest BCUT2D eigenvalue weighted by atomic mass is 9.99. The number of hydrogen-bond donors (Lipinski definition) is 2. The van der Waals surface area contributed by atoms with Crippen LogP contribution >= 0.6 is 0 Å². The molecule has 1 atom stereocenters. The Labute approximate surface area is 119 Å². The molecule has 0 saturated carbocycles. The van der Waals surface area contributed by atoms with Gasteiger partial charge in [-0.15, -0.1) is 0 Å². The van der Waals surface area contributed by atoms with Crippen molar-refractivity contribution >= 4 is 0 Å². The van der Waals surface area contributed by atoms with E-state index in [4.69, 9.17) is 4.52 Å². The van der Waals surface area contributed by atoms with Crippen LogP contribution < -0.4 is 10.6 Å². The second-order valence-electron chi connectivity index (χ2n) is 5.40. The molecule has 0 saturated heterocycles. The second-order valence-corrected chi connectivity index (χ2v) is 5.40. The van der Waals surface area contributed by atoms with Gasteiger partial charge >= 0.3 is 0 Å². The molecule has 0 spiro atoms. The number of fused-ring (bicyclic) bond motifs is 1. The average Bonchev–Trinajstić information content (AvgIpc) is 2.67.